The van der Waals surface area contributed by atoms with Crippen molar-refractivity contribution in [2.45, 2.75) is 6.92 Å². The second-order valence-corrected chi connectivity index (χ2v) is 4.73. The number of anilines is 3. The quantitative estimate of drug-likeness (QED) is 0.778. The van der Waals surface area contributed by atoms with Crippen molar-refractivity contribution in [2.24, 2.45) is 0 Å². The zero-order valence-electron chi connectivity index (χ0n) is 9.30. The first-order valence-corrected chi connectivity index (χ1v) is 5.89. The van der Waals surface area contributed by atoms with Crippen LogP contribution in [0.5, 0.6) is 0 Å². The fourth-order valence-electron chi connectivity index (χ4n) is 1.51. The summed E-state index contributed by atoms with van der Waals surface area (Å²) >= 11 is 11.8. The molecule has 0 radical (unpaired) electrons. The second kappa shape index (κ2) is 4.86. The van der Waals surface area contributed by atoms with Gasteiger partial charge in [0.1, 0.15) is 0 Å². The van der Waals surface area contributed by atoms with E-state index in [1.165, 1.54) is 0 Å². The maximum atomic E-state index is 5.92. The fourth-order valence-corrected chi connectivity index (χ4v) is 2.04. The average Bonchev–Trinajstić information content (AvgIpc) is 2.22. The summed E-state index contributed by atoms with van der Waals surface area (Å²) in [7, 11) is 0. The van der Waals surface area contributed by atoms with Crippen molar-refractivity contribution in [1.82, 2.24) is 0 Å². The van der Waals surface area contributed by atoms with Gasteiger partial charge in [-0.15, -0.1) is 0 Å². The van der Waals surface area contributed by atoms with Crippen molar-refractivity contribution in [3.05, 3.63) is 52.0 Å². The van der Waals surface area contributed by atoms with Crippen LogP contribution >= 0.6 is 23.2 Å². The lowest BCUT2D eigenvalue weighted by atomic mass is 10.2. The summed E-state index contributed by atoms with van der Waals surface area (Å²) in [6, 6.07) is 11.1. The van der Waals surface area contributed by atoms with E-state index in [0.29, 0.717) is 10.0 Å². The van der Waals surface area contributed by atoms with E-state index in [4.69, 9.17) is 28.9 Å². The number of benzene rings is 2. The number of nitrogens with two attached hydrogens (primary N) is 1. The van der Waals surface area contributed by atoms with Gasteiger partial charge in [0.25, 0.3) is 0 Å². The molecular weight excluding hydrogens is 255 g/mol. The van der Waals surface area contributed by atoms with Gasteiger partial charge < -0.3 is 11.1 Å². The van der Waals surface area contributed by atoms with Crippen molar-refractivity contribution in [3.8, 4) is 0 Å². The number of aryl methyl sites for hydroxylation is 1. The summed E-state index contributed by atoms with van der Waals surface area (Å²) < 4.78 is 0. The largest absolute Gasteiger partial charge is 0.398 e. The first kappa shape index (κ1) is 12.1. The predicted octanol–water partition coefficient (Wildman–Crippen LogP) is 4.63. The third-order valence-corrected chi connectivity index (χ3v) is 2.87. The smallest absolute Gasteiger partial charge is 0.0441 e. The van der Waals surface area contributed by atoms with E-state index in [-0.39, 0.29) is 0 Å². The molecule has 17 heavy (non-hydrogen) atoms. The molecule has 3 N–H and O–H groups in total. The minimum Gasteiger partial charge on any atom is -0.398 e. The summed E-state index contributed by atoms with van der Waals surface area (Å²) in [4.78, 5) is 0. The van der Waals surface area contributed by atoms with Gasteiger partial charge in [-0.3, -0.25) is 0 Å². The zero-order chi connectivity index (χ0) is 12.4. The number of nitrogen functional groups attached to an aromatic ring is 1. The molecule has 0 aliphatic carbocycles. The van der Waals surface area contributed by atoms with Gasteiger partial charge in [0, 0.05) is 27.1 Å². The zero-order valence-corrected chi connectivity index (χ0v) is 10.8. The molecule has 88 valence electrons. The Morgan fingerprint density at radius 2 is 1.59 bits per heavy atom. The number of hydrogen-bond acceptors (Lipinski definition) is 2. The molecule has 2 rings (SSSR count). The van der Waals surface area contributed by atoms with Gasteiger partial charge in [-0.2, -0.15) is 0 Å². The molecule has 0 spiro atoms. The molecular formula is C13H12Cl2N2. The van der Waals surface area contributed by atoms with Crippen LogP contribution in [-0.4, -0.2) is 0 Å². The van der Waals surface area contributed by atoms with Crippen LogP contribution in [-0.2, 0) is 0 Å². The van der Waals surface area contributed by atoms with E-state index in [1.54, 1.807) is 6.07 Å². The average molecular weight is 267 g/mol. The Balaban J connectivity index is 2.28. The summed E-state index contributed by atoms with van der Waals surface area (Å²) in [5.41, 5.74) is 9.40. The first-order chi connectivity index (χ1) is 8.04. The highest BCUT2D eigenvalue weighted by Gasteiger charge is 2.00. The van der Waals surface area contributed by atoms with E-state index < -0.39 is 0 Å². The molecule has 2 aromatic carbocycles. The third kappa shape index (κ3) is 3.05. The Kier molecular flexibility index (Phi) is 3.46. The summed E-state index contributed by atoms with van der Waals surface area (Å²) in [5, 5.41) is 4.40. The molecule has 0 heterocycles. The molecule has 0 aliphatic rings. The Morgan fingerprint density at radius 3 is 2.18 bits per heavy atom. The van der Waals surface area contributed by atoms with Crippen molar-refractivity contribution < 1.29 is 0 Å². The van der Waals surface area contributed by atoms with Crippen LogP contribution < -0.4 is 11.1 Å². The lowest BCUT2D eigenvalue weighted by Gasteiger charge is -2.09. The van der Waals surface area contributed by atoms with Crippen LogP contribution in [0.3, 0.4) is 0 Å². The van der Waals surface area contributed by atoms with Gasteiger partial charge >= 0.3 is 0 Å². The van der Waals surface area contributed by atoms with Gasteiger partial charge in [-0.25, -0.2) is 0 Å². The van der Waals surface area contributed by atoms with E-state index in [1.807, 2.05) is 37.3 Å². The molecule has 0 bridgehead atoms. The molecule has 2 nitrogen and oxygen atoms in total. The lowest BCUT2D eigenvalue weighted by Crippen LogP contribution is -1.94. The van der Waals surface area contributed by atoms with Crippen LogP contribution in [0.2, 0.25) is 10.0 Å². The standard InChI is InChI=1S/C13H12Cl2N2/c1-8-2-3-11(7-13(8)16)17-12-5-9(14)4-10(15)6-12/h2-7,17H,16H2,1H3. The van der Waals surface area contributed by atoms with Gasteiger partial charge in [0.15, 0.2) is 0 Å². The van der Waals surface area contributed by atoms with Crippen molar-refractivity contribution in [3.63, 3.8) is 0 Å². The van der Waals surface area contributed by atoms with Crippen LogP contribution in [0.4, 0.5) is 17.1 Å². The molecule has 0 aromatic heterocycles. The number of halogens is 2. The molecule has 0 unspecified atom stereocenters. The highest BCUT2D eigenvalue weighted by molar-refractivity contribution is 6.35. The predicted molar refractivity (Wildman–Crippen MR) is 75.3 cm³/mol. The van der Waals surface area contributed by atoms with Gasteiger partial charge in [0.05, 0.1) is 0 Å². The van der Waals surface area contributed by atoms with Crippen LogP contribution in [0.1, 0.15) is 5.56 Å². The minimum atomic E-state index is 0.597. The topological polar surface area (TPSA) is 38.0 Å². The molecule has 0 saturated carbocycles. The summed E-state index contributed by atoms with van der Waals surface area (Å²) in [6.45, 7) is 1.97. The van der Waals surface area contributed by atoms with Crippen LogP contribution in [0.15, 0.2) is 36.4 Å². The second-order valence-electron chi connectivity index (χ2n) is 3.85. The van der Waals surface area contributed by atoms with Gasteiger partial charge in [0.2, 0.25) is 0 Å². The number of nitrogens with one attached hydrogen (secondary N) is 1. The van der Waals surface area contributed by atoms with E-state index in [9.17, 15) is 0 Å². The van der Waals surface area contributed by atoms with E-state index >= 15 is 0 Å². The molecule has 2 aromatic rings. The summed E-state index contributed by atoms with van der Waals surface area (Å²) in [5.74, 6) is 0. The van der Waals surface area contributed by atoms with E-state index in [0.717, 1.165) is 22.6 Å². The molecule has 0 aliphatic heterocycles. The Hall–Kier alpha value is -1.38. The molecule has 4 heteroatoms. The van der Waals surface area contributed by atoms with Crippen LogP contribution in [0, 0.1) is 6.92 Å². The van der Waals surface area contributed by atoms with Crippen LogP contribution in [0.25, 0.3) is 0 Å². The maximum absolute atomic E-state index is 5.92. The fraction of sp³-hybridized carbons (Fsp3) is 0.0769. The Bertz CT molecular complexity index is 533. The molecule has 0 atom stereocenters. The van der Waals surface area contributed by atoms with Crippen molar-refractivity contribution >= 4 is 40.3 Å². The highest BCUT2D eigenvalue weighted by Crippen LogP contribution is 2.26. The maximum Gasteiger partial charge on any atom is 0.0441 e. The van der Waals surface area contributed by atoms with E-state index in [2.05, 4.69) is 5.32 Å². The summed E-state index contributed by atoms with van der Waals surface area (Å²) in [6.07, 6.45) is 0. The highest BCUT2D eigenvalue weighted by atomic mass is 35.5. The minimum absolute atomic E-state index is 0.597. The monoisotopic (exact) mass is 266 g/mol. The number of rotatable bonds is 2. The number of hydrogen-bond donors (Lipinski definition) is 2. The Morgan fingerprint density at radius 1 is 0.941 bits per heavy atom. The lowest BCUT2D eigenvalue weighted by molar-refractivity contribution is 1.45. The molecule has 0 amide bonds. The molecule has 0 saturated heterocycles. The SMILES string of the molecule is Cc1ccc(Nc2cc(Cl)cc(Cl)c2)cc1N. The van der Waals surface area contributed by atoms with Crippen molar-refractivity contribution in [2.75, 3.05) is 11.1 Å². The normalized spacial score (nSPS) is 10.3. The van der Waals surface area contributed by atoms with Gasteiger partial charge in [-0.05, 0) is 42.8 Å². The first-order valence-electron chi connectivity index (χ1n) is 5.14. The third-order valence-electron chi connectivity index (χ3n) is 2.43. The van der Waals surface area contributed by atoms with Gasteiger partial charge in [-0.1, -0.05) is 29.3 Å². The Labute approximate surface area is 110 Å². The van der Waals surface area contributed by atoms with Crippen molar-refractivity contribution in [1.29, 1.82) is 0 Å². The molecule has 0 fully saturated rings.